The molecule has 2 fully saturated rings. The number of thioether (sulfide) groups is 1. The van der Waals surface area contributed by atoms with Gasteiger partial charge in [0, 0.05) is 44.7 Å². The Balaban J connectivity index is 1.62. The lowest BCUT2D eigenvalue weighted by atomic mass is 10.2. The van der Waals surface area contributed by atoms with Crippen LogP contribution in [0.4, 0.5) is 4.79 Å². The Kier molecular flexibility index (Phi) is 6.18. The predicted molar refractivity (Wildman–Crippen MR) is 104 cm³/mol. The molecule has 2 aliphatic rings. The second-order valence-electron chi connectivity index (χ2n) is 6.51. The normalized spacial score (nSPS) is 19.9. The summed E-state index contributed by atoms with van der Waals surface area (Å²) in [5.41, 5.74) is 0.735. The topological polar surface area (TPSA) is 70.2 Å². The summed E-state index contributed by atoms with van der Waals surface area (Å²) in [6, 6.07) is 7.30. The van der Waals surface area contributed by atoms with Crippen LogP contribution in [0.3, 0.4) is 0 Å². The SMILES string of the molecule is COc1ccccc1/C=C1/SC(=O)N(CCC(=O)N2CCN(C)CC2)C1=O. The van der Waals surface area contributed by atoms with Gasteiger partial charge in [-0.2, -0.15) is 0 Å². The minimum atomic E-state index is -0.359. The minimum absolute atomic E-state index is 0.0177. The van der Waals surface area contributed by atoms with Crippen molar-refractivity contribution in [1.29, 1.82) is 0 Å². The minimum Gasteiger partial charge on any atom is -0.496 e. The molecule has 3 amide bonds. The Morgan fingerprint density at radius 1 is 1.19 bits per heavy atom. The van der Waals surface area contributed by atoms with Crippen LogP contribution in [0.5, 0.6) is 5.75 Å². The fraction of sp³-hybridized carbons (Fsp3) is 0.421. The maximum absolute atomic E-state index is 12.6. The lowest BCUT2D eigenvalue weighted by molar-refractivity contribution is -0.133. The van der Waals surface area contributed by atoms with Crippen LogP contribution in [0, 0.1) is 0 Å². The number of imide groups is 1. The molecule has 2 heterocycles. The molecule has 144 valence electrons. The number of carbonyl (C=O) groups excluding carboxylic acids is 3. The van der Waals surface area contributed by atoms with Crippen LogP contribution in [0.1, 0.15) is 12.0 Å². The molecule has 2 aliphatic heterocycles. The van der Waals surface area contributed by atoms with E-state index in [9.17, 15) is 14.4 Å². The Hall–Kier alpha value is -2.32. The highest BCUT2D eigenvalue weighted by atomic mass is 32.2. The van der Waals surface area contributed by atoms with Crippen LogP contribution in [-0.4, -0.2) is 78.6 Å². The standard InChI is InChI=1S/C19H23N3O4S/c1-20-9-11-21(12-10-20)17(23)7-8-22-18(24)16(27-19(22)25)13-14-5-3-4-6-15(14)26-2/h3-6,13H,7-12H2,1-2H3/b16-13+. The molecule has 1 aromatic carbocycles. The first kappa shape index (κ1) is 19.4. The fourth-order valence-electron chi connectivity index (χ4n) is 3.04. The number of benzene rings is 1. The molecule has 0 aromatic heterocycles. The molecule has 0 bridgehead atoms. The number of amides is 3. The van der Waals surface area contributed by atoms with E-state index in [1.807, 2.05) is 25.2 Å². The maximum Gasteiger partial charge on any atom is 0.293 e. The van der Waals surface area contributed by atoms with Gasteiger partial charge in [-0.25, -0.2) is 0 Å². The zero-order chi connectivity index (χ0) is 19.4. The van der Waals surface area contributed by atoms with Gasteiger partial charge < -0.3 is 14.5 Å². The number of para-hydroxylation sites is 1. The Morgan fingerprint density at radius 2 is 1.89 bits per heavy atom. The number of hydrogen-bond acceptors (Lipinski definition) is 6. The summed E-state index contributed by atoms with van der Waals surface area (Å²) in [5, 5.41) is -0.340. The van der Waals surface area contributed by atoms with Crippen LogP contribution in [0.2, 0.25) is 0 Å². The lowest BCUT2D eigenvalue weighted by Crippen LogP contribution is -2.47. The molecular weight excluding hydrogens is 366 g/mol. The summed E-state index contributed by atoms with van der Waals surface area (Å²) >= 11 is 0.895. The Morgan fingerprint density at radius 3 is 2.59 bits per heavy atom. The molecule has 8 heteroatoms. The van der Waals surface area contributed by atoms with Crippen molar-refractivity contribution in [3.05, 3.63) is 34.7 Å². The third kappa shape index (κ3) is 4.51. The fourth-order valence-corrected chi connectivity index (χ4v) is 3.90. The molecule has 0 unspecified atom stereocenters. The number of hydrogen-bond donors (Lipinski definition) is 0. The first-order chi connectivity index (χ1) is 13.0. The van der Waals surface area contributed by atoms with E-state index in [-0.39, 0.29) is 30.0 Å². The summed E-state index contributed by atoms with van der Waals surface area (Å²) in [6.07, 6.45) is 1.82. The molecule has 2 saturated heterocycles. The second kappa shape index (κ2) is 8.58. The first-order valence-electron chi connectivity index (χ1n) is 8.84. The van der Waals surface area contributed by atoms with Crippen molar-refractivity contribution < 1.29 is 19.1 Å². The molecule has 0 radical (unpaired) electrons. The van der Waals surface area contributed by atoms with E-state index in [4.69, 9.17) is 4.74 Å². The van der Waals surface area contributed by atoms with E-state index in [1.165, 1.54) is 0 Å². The number of carbonyl (C=O) groups is 3. The molecule has 0 atom stereocenters. The number of methoxy groups -OCH3 is 1. The van der Waals surface area contributed by atoms with E-state index in [0.29, 0.717) is 23.7 Å². The number of ether oxygens (including phenoxy) is 1. The van der Waals surface area contributed by atoms with Gasteiger partial charge in [-0.05, 0) is 31.0 Å². The molecule has 3 rings (SSSR count). The van der Waals surface area contributed by atoms with Crippen molar-refractivity contribution in [3.63, 3.8) is 0 Å². The van der Waals surface area contributed by atoms with Gasteiger partial charge in [0.2, 0.25) is 5.91 Å². The molecule has 0 N–H and O–H groups in total. The van der Waals surface area contributed by atoms with Crippen molar-refractivity contribution in [2.45, 2.75) is 6.42 Å². The maximum atomic E-state index is 12.6. The zero-order valence-electron chi connectivity index (χ0n) is 15.5. The molecule has 1 aromatic rings. The molecule has 0 spiro atoms. The van der Waals surface area contributed by atoms with E-state index < -0.39 is 0 Å². The van der Waals surface area contributed by atoms with E-state index in [0.717, 1.165) is 35.3 Å². The lowest BCUT2D eigenvalue weighted by Gasteiger charge is -2.32. The van der Waals surface area contributed by atoms with E-state index >= 15 is 0 Å². The summed E-state index contributed by atoms with van der Waals surface area (Å²) in [6.45, 7) is 3.17. The summed E-state index contributed by atoms with van der Waals surface area (Å²) < 4.78 is 5.28. The van der Waals surface area contributed by atoms with Crippen LogP contribution in [0.15, 0.2) is 29.2 Å². The summed E-state index contributed by atoms with van der Waals surface area (Å²) in [5.74, 6) is 0.257. The van der Waals surface area contributed by atoms with Crippen molar-refractivity contribution >= 4 is 34.9 Å². The van der Waals surface area contributed by atoms with Crippen molar-refractivity contribution in [1.82, 2.24) is 14.7 Å². The van der Waals surface area contributed by atoms with Gasteiger partial charge in [-0.1, -0.05) is 18.2 Å². The van der Waals surface area contributed by atoms with Gasteiger partial charge in [-0.3, -0.25) is 19.3 Å². The molecule has 27 heavy (non-hydrogen) atoms. The van der Waals surface area contributed by atoms with Gasteiger partial charge in [0.1, 0.15) is 5.75 Å². The highest BCUT2D eigenvalue weighted by molar-refractivity contribution is 8.18. The van der Waals surface area contributed by atoms with E-state index in [2.05, 4.69) is 4.90 Å². The average molecular weight is 389 g/mol. The molecule has 7 nitrogen and oxygen atoms in total. The van der Waals surface area contributed by atoms with Crippen LogP contribution in [-0.2, 0) is 9.59 Å². The second-order valence-corrected chi connectivity index (χ2v) is 7.50. The highest BCUT2D eigenvalue weighted by Gasteiger charge is 2.35. The van der Waals surface area contributed by atoms with Crippen LogP contribution >= 0.6 is 11.8 Å². The van der Waals surface area contributed by atoms with Gasteiger partial charge in [0.15, 0.2) is 0 Å². The largest absolute Gasteiger partial charge is 0.496 e. The molecule has 0 aliphatic carbocycles. The first-order valence-corrected chi connectivity index (χ1v) is 9.66. The van der Waals surface area contributed by atoms with Gasteiger partial charge in [-0.15, -0.1) is 0 Å². The number of nitrogens with zero attached hydrogens (tertiary/aromatic N) is 3. The monoisotopic (exact) mass is 389 g/mol. The van der Waals surface area contributed by atoms with Crippen molar-refractivity contribution in [3.8, 4) is 5.75 Å². The molecule has 0 saturated carbocycles. The van der Waals surface area contributed by atoms with Crippen LogP contribution in [0.25, 0.3) is 6.08 Å². The smallest absolute Gasteiger partial charge is 0.293 e. The van der Waals surface area contributed by atoms with Gasteiger partial charge >= 0.3 is 0 Å². The number of piperazine rings is 1. The molecular formula is C19H23N3O4S. The highest BCUT2D eigenvalue weighted by Crippen LogP contribution is 2.34. The number of likely N-dealkylation sites (N-methyl/N-ethyl adjacent to an activating group) is 1. The number of rotatable bonds is 5. The third-order valence-corrected chi connectivity index (χ3v) is 5.61. The third-order valence-electron chi connectivity index (χ3n) is 4.70. The Bertz CT molecular complexity index is 772. The van der Waals surface area contributed by atoms with Crippen LogP contribution < -0.4 is 4.74 Å². The summed E-state index contributed by atoms with van der Waals surface area (Å²) in [7, 11) is 3.58. The summed E-state index contributed by atoms with van der Waals surface area (Å²) in [4.78, 5) is 42.6. The Labute approximate surface area is 162 Å². The van der Waals surface area contributed by atoms with Gasteiger partial charge in [0.25, 0.3) is 11.1 Å². The van der Waals surface area contributed by atoms with Crippen molar-refractivity contribution in [2.75, 3.05) is 46.9 Å². The zero-order valence-corrected chi connectivity index (χ0v) is 16.3. The van der Waals surface area contributed by atoms with Gasteiger partial charge in [0.05, 0.1) is 12.0 Å². The van der Waals surface area contributed by atoms with E-state index in [1.54, 1.807) is 24.2 Å². The van der Waals surface area contributed by atoms with Crippen molar-refractivity contribution in [2.24, 2.45) is 0 Å². The predicted octanol–water partition coefficient (Wildman–Crippen LogP) is 1.90. The average Bonchev–Trinajstić information content (AvgIpc) is 2.94. The quantitative estimate of drug-likeness (QED) is 0.717.